The average Bonchev–Trinajstić information content (AvgIpc) is 2.00. The van der Waals surface area contributed by atoms with Gasteiger partial charge in [-0.3, -0.25) is 0 Å². The van der Waals surface area contributed by atoms with E-state index in [0.717, 1.165) is 13.0 Å². The second-order valence-electron chi connectivity index (χ2n) is 2.97. The van der Waals surface area contributed by atoms with Gasteiger partial charge < -0.3 is 5.32 Å². The third kappa shape index (κ3) is 3.43. The lowest BCUT2D eigenvalue weighted by molar-refractivity contribution is 0.382. The first-order chi connectivity index (χ1) is 4.68. The highest BCUT2D eigenvalue weighted by Crippen LogP contribution is 2.10. The highest BCUT2D eigenvalue weighted by molar-refractivity contribution is 6.18. The molecule has 1 nitrogen and oxygen atoms in total. The van der Waals surface area contributed by atoms with Crippen LogP contribution in [0.1, 0.15) is 33.6 Å². The topological polar surface area (TPSA) is 12.0 Å². The Morgan fingerprint density at radius 2 is 2.00 bits per heavy atom. The summed E-state index contributed by atoms with van der Waals surface area (Å²) < 4.78 is 0. The van der Waals surface area contributed by atoms with Crippen LogP contribution in [0, 0.1) is 0 Å². The van der Waals surface area contributed by atoms with E-state index >= 15 is 0 Å². The van der Waals surface area contributed by atoms with Crippen molar-refractivity contribution in [2.24, 2.45) is 0 Å². The van der Waals surface area contributed by atoms with Crippen molar-refractivity contribution in [1.29, 1.82) is 0 Å². The zero-order chi connectivity index (χ0) is 8.04. The second kappa shape index (κ2) is 4.97. The number of alkyl halides is 1. The van der Waals surface area contributed by atoms with Gasteiger partial charge in [0, 0.05) is 11.4 Å². The van der Waals surface area contributed by atoms with Gasteiger partial charge in [-0.15, -0.1) is 11.6 Å². The van der Waals surface area contributed by atoms with Crippen LogP contribution < -0.4 is 5.32 Å². The summed E-state index contributed by atoms with van der Waals surface area (Å²) in [6.07, 6.45) is 2.27. The Kier molecular flexibility index (Phi) is 5.10. The van der Waals surface area contributed by atoms with Crippen LogP contribution in [0.4, 0.5) is 0 Å². The second-order valence-corrected chi connectivity index (χ2v) is 3.24. The van der Waals surface area contributed by atoms with E-state index in [1.54, 1.807) is 0 Å². The minimum atomic E-state index is 0.150. The van der Waals surface area contributed by atoms with Gasteiger partial charge in [-0.25, -0.2) is 0 Å². The zero-order valence-electron chi connectivity index (χ0n) is 7.21. The molecule has 0 amide bonds. The number of rotatable bonds is 5. The van der Waals surface area contributed by atoms with Gasteiger partial charge in [0.25, 0.3) is 0 Å². The summed E-state index contributed by atoms with van der Waals surface area (Å²) in [4.78, 5) is 0. The molecule has 0 radical (unpaired) electrons. The summed E-state index contributed by atoms with van der Waals surface area (Å²) in [6, 6.07) is 0. The maximum Gasteiger partial charge on any atom is 0.0403 e. The van der Waals surface area contributed by atoms with Gasteiger partial charge in [0.1, 0.15) is 0 Å². The number of halogens is 1. The fraction of sp³-hybridized carbons (Fsp3) is 1.00. The summed E-state index contributed by atoms with van der Waals surface area (Å²) in [5.74, 6) is 0.698. The predicted molar refractivity (Wildman–Crippen MR) is 47.7 cm³/mol. The summed E-state index contributed by atoms with van der Waals surface area (Å²) in [6.45, 7) is 7.55. The molecular weight excluding hydrogens is 146 g/mol. The highest BCUT2D eigenvalue weighted by Gasteiger charge is 2.18. The summed E-state index contributed by atoms with van der Waals surface area (Å²) in [5, 5.41) is 3.41. The zero-order valence-corrected chi connectivity index (χ0v) is 7.96. The minimum absolute atomic E-state index is 0.150. The van der Waals surface area contributed by atoms with Crippen molar-refractivity contribution in [3.05, 3.63) is 0 Å². The van der Waals surface area contributed by atoms with Gasteiger partial charge >= 0.3 is 0 Å². The third-order valence-corrected chi connectivity index (χ3v) is 2.47. The molecule has 0 heterocycles. The van der Waals surface area contributed by atoms with E-state index in [0.29, 0.717) is 5.88 Å². The van der Waals surface area contributed by atoms with E-state index in [1.807, 2.05) is 0 Å². The summed E-state index contributed by atoms with van der Waals surface area (Å²) in [7, 11) is 0. The van der Waals surface area contributed by atoms with Gasteiger partial charge in [-0.1, -0.05) is 13.8 Å². The summed E-state index contributed by atoms with van der Waals surface area (Å²) >= 11 is 5.78. The van der Waals surface area contributed by atoms with Crippen molar-refractivity contribution in [3.8, 4) is 0 Å². The third-order valence-electron chi connectivity index (χ3n) is 1.88. The van der Waals surface area contributed by atoms with E-state index in [-0.39, 0.29) is 5.54 Å². The van der Waals surface area contributed by atoms with Gasteiger partial charge in [0.05, 0.1) is 0 Å². The SMILES string of the molecule is CCCNC(C)(CC)CCl. The van der Waals surface area contributed by atoms with E-state index in [2.05, 4.69) is 26.1 Å². The first kappa shape index (κ1) is 10.2. The lowest BCUT2D eigenvalue weighted by Crippen LogP contribution is -2.43. The largest absolute Gasteiger partial charge is 0.310 e. The molecule has 1 atom stereocenters. The van der Waals surface area contributed by atoms with Gasteiger partial charge in [0.15, 0.2) is 0 Å². The van der Waals surface area contributed by atoms with Crippen LogP contribution in [-0.4, -0.2) is 18.0 Å². The van der Waals surface area contributed by atoms with Crippen LogP contribution in [0.15, 0.2) is 0 Å². The maximum absolute atomic E-state index is 5.78. The fourth-order valence-corrected chi connectivity index (χ4v) is 0.977. The highest BCUT2D eigenvalue weighted by atomic mass is 35.5. The van der Waals surface area contributed by atoms with Gasteiger partial charge in [-0.2, -0.15) is 0 Å². The fourth-order valence-electron chi connectivity index (χ4n) is 0.694. The molecule has 0 saturated heterocycles. The molecule has 0 rings (SSSR count). The van der Waals surface area contributed by atoms with E-state index in [1.165, 1.54) is 6.42 Å². The lowest BCUT2D eigenvalue weighted by Gasteiger charge is -2.26. The molecule has 2 heteroatoms. The van der Waals surface area contributed by atoms with Crippen LogP contribution >= 0.6 is 11.6 Å². The van der Waals surface area contributed by atoms with E-state index in [9.17, 15) is 0 Å². The van der Waals surface area contributed by atoms with E-state index < -0.39 is 0 Å². The molecule has 0 fully saturated rings. The average molecular weight is 164 g/mol. The summed E-state index contributed by atoms with van der Waals surface area (Å²) in [5.41, 5.74) is 0.150. The molecule has 1 unspecified atom stereocenters. The van der Waals surface area contributed by atoms with Crippen molar-refractivity contribution in [3.63, 3.8) is 0 Å². The van der Waals surface area contributed by atoms with Crippen molar-refractivity contribution >= 4 is 11.6 Å². The molecule has 62 valence electrons. The Labute approximate surface area is 69.1 Å². The quantitative estimate of drug-likeness (QED) is 0.614. The molecule has 0 aromatic heterocycles. The molecule has 10 heavy (non-hydrogen) atoms. The van der Waals surface area contributed by atoms with Crippen LogP contribution in [0.25, 0.3) is 0 Å². The molecular formula is C8H18ClN. The number of nitrogens with one attached hydrogen (secondary N) is 1. The van der Waals surface area contributed by atoms with Gasteiger partial charge in [-0.05, 0) is 26.3 Å². The Hall–Kier alpha value is 0.250. The smallest absolute Gasteiger partial charge is 0.0403 e. The number of hydrogen-bond donors (Lipinski definition) is 1. The molecule has 0 saturated carbocycles. The normalized spacial score (nSPS) is 16.8. The van der Waals surface area contributed by atoms with Crippen molar-refractivity contribution < 1.29 is 0 Å². The molecule has 0 aliphatic carbocycles. The first-order valence-corrected chi connectivity index (χ1v) is 4.53. The molecule has 0 aromatic carbocycles. The molecule has 1 N–H and O–H groups in total. The predicted octanol–water partition coefficient (Wildman–Crippen LogP) is 2.39. The minimum Gasteiger partial charge on any atom is -0.310 e. The molecule has 0 spiro atoms. The van der Waals surface area contributed by atoms with Crippen LogP contribution in [0.2, 0.25) is 0 Å². The van der Waals surface area contributed by atoms with Crippen molar-refractivity contribution in [1.82, 2.24) is 5.32 Å². The van der Waals surface area contributed by atoms with Gasteiger partial charge in [0.2, 0.25) is 0 Å². The van der Waals surface area contributed by atoms with Crippen molar-refractivity contribution in [2.75, 3.05) is 12.4 Å². The molecule has 0 bridgehead atoms. The van der Waals surface area contributed by atoms with Crippen LogP contribution in [0.5, 0.6) is 0 Å². The lowest BCUT2D eigenvalue weighted by atomic mass is 10.0. The Morgan fingerprint density at radius 1 is 1.40 bits per heavy atom. The Bertz CT molecular complexity index is 79.3. The van der Waals surface area contributed by atoms with Crippen molar-refractivity contribution in [2.45, 2.75) is 39.2 Å². The Balaban J connectivity index is 3.58. The number of hydrogen-bond acceptors (Lipinski definition) is 1. The van der Waals surface area contributed by atoms with Crippen LogP contribution in [0.3, 0.4) is 0 Å². The Morgan fingerprint density at radius 3 is 2.30 bits per heavy atom. The van der Waals surface area contributed by atoms with E-state index in [4.69, 9.17) is 11.6 Å². The molecule has 0 aliphatic heterocycles. The monoisotopic (exact) mass is 163 g/mol. The molecule has 0 aromatic rings. The standard InChI is InChI=1S/C8H18ClN/c1-4-6-10-8(3,5-2)7-9/h10H,4-7H2,1-3H3. The first-order valence-electron chi connectivity index (χ1n) is 3.99. The molecule has 0 aliphatic rings. The van der Waals surface area contributed by atoms with Crippen LogP contribution in [-0.2, 0) is 0 Å². The maximum atomic E-state index is 5.78.